The zero-order valence-electron chi connectivity index (χ0n) is 11.8. The number of hydrogen-bond acceptors (Lipinski definition) is 4. The Kier molecular flexibility index (Phi) is 4.06. The van der Waals surface area contributed by atoms with E-state index in [1.54, 1.807) is 0 Å². The van der Waals surface area contributed by atoms with E-state index in [0.29, 0.717) is 57.2 Å². The van der Waals surface area contributed by atoms with Crippen LogP contribution in [-0.4, -0.2) is 49.6 Å². The summed E-state index contributed by atoms with van der Waals surface area (Å²) in [5.74, 6) is 0.674. The zero-order chi connectivity index (χ0) is 14.7. The molecule has 112 valence electrons. The number of carbonyl (C=O) groups excluding carboxylic acids is 2. The van der Waals surface area contributed by atoms with E-state index in [1.165, 1.54) is 0 Å². The molecule has 6 nitrogen and oxygen atoms in total. The van der Waals surface area contributed by atoms with E-state index in [2.05, 4.69) is 5.32 Å². The van der Waals surface area contributed by atoms with Crippen LogP contribution in [0.15, 0.2) is 18.2 Å². The number of benzene rings is 1. The highest BCUT2D eigenvalue weighted by Crippen LogP contribution is 2.28. The minimum absolute atomic E-state index is 0.0644. The molecule has 1 N–H and O–H groups in total. The minimum atomic E-state index is -0.0644. The molecule has 0 aromatic heterocycles. The van der Waals surface area contributed by atoms with Crippen molar-refractivity contribution in [3.8, 4) is 5.75 Å². The van der Waals surface area contributed by atoms with Crippen LogP contribution in [0.4, 0.5) is 5.69 Å². The van der Waals surface area contributed by atoms with Gasteiger partial charge in [0.15, 0.2) is 0 Å². The minimum Gasteiger partial charge on any atom is -0.491 e. The summed E-state index contributed by atoms with van der Waals surface area (Å²) in [6, 6.07) is 5.49. The van der Waals surface area contributed by atoms with Gasteiger partial charge < -0.3 is 19.7 Å². The predicted octanol–water partition coefficient (Wildman–Crippen LogP) is 0.809. The monoisotopic (exact) mass is 290 g/mol. The normalized spacial score (nSPS) is 18.3. The molecule has 0 spiro atoms. The van der Waals surface area contributed by atoms with Gasteiger partial charge in [-0.25, -0.2) is 0 Å². The summed E-state index contributed by atoms with van der Waals surface area (Å²) < 4.78 is 10.7. The van der Waals surface area contributed by atoms with Crippen LogP contribution >= 0.6 is 0 Å². The second-order valence-electron chi connectivity index (χ2n) is 5.15. The molecule has 2 heterocycles. The number of nitrogens with zero attached hydrogens (tertiary/aromatic N) is 1. The molecule has 1 aromatic carbocycles. The van der Waals surface area contributed by atoms with Crippen molar-refractivity contribution in [3.05, 3.63) is 23.8 Å². The third-order valence-corrected chi connectivity index (χ3v) is 3.62. The molecule has 0 unspecified atom stereocenters. The highest BCUT2D eigenvalue weighted by molar-refractivity contribution is 5.93. The van der Waals surface area contributed by atoms with E-state index in [1.807, 2.05) is 23.1 Å². The lowest BCUT2D eigenvalue weighted by atomic mass is 10.1. The molecular weight excluding hydrogens is 272 g/mol. The fraction of sp³-hybridized carbons (Fsp3) is 0.467. The Morgan fingerprint density at radius 1 is 1.24 bits per heavy atom. The Morgan fingerprint density at radius 2 is 2.05 bits per heavy atom. The average molecular weight is 290 g/mol. The smallest absolute Gasteiger partial charge is 0.227 e. The van der Waals surface area contributed by atoms with Crippen LogP contribution in [0.2, 0.25) is 0 Å². The van der Waals surface area contributed by atoms with E-state index in [0.717, 1.165) is 5.56 Å². The second-order valence-corrected chi connectivity index (χ2v) is 5.15. The van der Waals surface area contributed by atoms with Crippen LogP contribution in [0.5, 0.6) is 5.75 Å². The van der Waals surface area contributed by atoms with Crippen LogP contribution in [0.1, 0.15) is 12.0 Å². The maximum absolute atomic E-state index is 12.2. The first-order chi connectivity index (χ1) is 10.2. The fourth-order valence-electron chi connectivity index (χ4n) is 2.48. The number of amides is 2. The summed E-state index contributed by atoms with van der Waals surface area (Å²) in [4.78, 5) is 25.6. The lowest BCUT2D eigenvalue weighted by Gasteiger charge is -2.27. The molecule has 0 bridgehead atoms. The second kappa shape index (κ2) is 6.13. The van der Waals surface area contributed by atoms with Crippen molar-refractivity contribution in [2.75, 3.05) is 38.2 Å². The van der Waals surface area contributed by atoms with Gasteiger partial charge in [0.2, 0.25) is 11.8 Å². The fourth-order valence-corrected chi connectivity index (χ4v) is 2.48. The van der Waals surface area contributed by atoms with Gasteiger partial charge in [-0.3, -0.25) is 9.59 Å². The van der Waals surface area contributed by atoms with Crippen LogP contribution in [0.25, 0.3) is 0 Å². The summed E-state index contributed by atoms with van der Waals surface area (Å²) in [7, 11) is 0. The first-order valence-corrected chi connectivity index (χ1v) is 7.13. The first kappa shape index (κ1) is 13.9. The number of anilines is 1. The van der Waals surface area contributed by atoms with Gasteiger partial charge in [0.25, 0.3) is 0 Å². The molecule has 1 saturated heterocycles. The molecule has 3 rings (SSSR count). The zero-order valence-corrected chi connectivity index (χ0v) is 11.8. The van der Waals surface area contributed by atoms with Crippen molar-refractivity contribution in [2.24, 2.45) is 0 Å². The number of fused-ring (bicyclic) bond motifs is 1. The van der Waals surface area contributed by atoms with Crippen molar-refractivity contribution >= 4 is 17.5 Å². The first-order valence-electron chi connectivity index (χ1n) is 7.13. The number of morpholine rings is 1. The Hall–Kier alpha value is -2.08. The largest absolute Gasteiger partial charge is 0.491 e. The molecule has 2 aliphatic heterocycles. The lowest BCUT2D eigenvalue weighted by molar-refractivity contribution is -0.134. The molecule has 2 aliphatic rings. The molecular formula is C15H18N2O4. The number of rotatable bonds is 2. The summed E-state index contributed by atoms with van der Waals surface area (Å²) in [6.45, 7) is 2.86. The van der Waals surface area contributed by atoms with Crippen molar-refractivity contribution in [3.63, 3.8) is 0 Å². The molecule has 6 heteroatoms. The van der Waals surface area contributed by atoms with Crippen molar-refractivity contribution in [2.45, 2.75) is 12.8 Å². The highest BCUT2D eigenvalue weighted by Gasteiger charge is 2.19. The van der Waals surface area contributed by atoms with Gasteiger partial charge in [-0.15, -0.1) is 0 Å². The van der Waals surface area contributed by atoms with Gasteiger partial charge in [-0.2, -0.15) is 0 Å². The van der Waals surface area contributed by atoms with Crippen LogP contribution < -0.4 is 10.1 Å². The van der Waals surface area contributed by atoms with Crippen LogP contribution in [0.3, 0.4) is 0 Å². The van der Waals surface area contributed by atoms with Crippen molar-refractivity contribution < 1.29 is 19.1 Å². The maximum Gasteiger partial charge on any atom is 0.227 e. The summed E-state index contributed by atoms with van der Waals surface area (Å²) in [5.41, 5.74) is 1.51. The van der Waals surface area contributed by atoms with Gasteiger partial charge >= 0.3 is 0 Å². The molecule has 2 amide bonds. The van der Waals surface area contributed by atoms with Crippen LogP contribution in [0, 0.1) is 0 Å². The molecule has 1 fully saturated rings. The molecule has 0 radical (unpaired) electrons. The van der Waals surface area contributed by atoms with E-state index in [-0.39, 0.29) is 11.8 Å². The van der Waals surface area contributed by atoms with Gasteiger partial charge in [-0.1, -0.05) is 6.07 Å². The molecule has 1 aromatic rings. The summed E-state index contributed by atoms with van der Waals surface area (Å²) >= 11 is 0. The molecule has 0 saturated carbocycles. The number of ether oxygens (including phenoxy) is 2. The highest BCUT2D eigenvalue weighted by atomic mass is 16.5. The van der Waals surface area contributed by atoms with Crippen molar-refractivity contribution in [1.82, 2.24) is 4.90 Å². The quantitative estimate of drug-likeness (QED) is 0.875. The predicted molar refractivity (Wildman–Crippen MR) is 76.3 cm³/mol. The Bertz CT molecular complexity index is 553. The molecule has 21 heavy (non-hydrogen) atoms. The van der Waals surface area contributed by atoms with Crippen molar-refractivity contribution in [1.29, 1.82) is 0 Å². The number of hydrogen-bond donors (Lipinski definition) is 1. The van der Waals surface area contributed by atoms with E-state index < -0.39 is 0 Å². The Balaban J connectivity index is 1.71. The SMILES string of the molecule is O=C1CCOc2ccc(CC(=O)N3CCOCC3)cc2N1. The average Bonchev–Trinajstić information content (AvgIpc) is 2.68. The van der Waals surface area contributed by atoms with Gasteiger partial charge in [0, 0.05) is 13.1 Å². The van der Waals surface area contributed by atoms with E-state index >= 15 is 0 Å². The van der Waals surface area contributed by atoms with Crippen LogP contribution in [-0.2, 0) is 20.7 Å². The molecule has 0 atom stereocenters. The van der Waals surface area contributed by atoms with Gasteiger partial charge in [0.05, 0.1) is 38.3 Å². The third kappa shape index (κ3) is 3.33. The summed E-state index contributed by atoms with van der Waals surface area (Å²) in [6.07, 6.45) is 0.667. The number of nitrogens with one attached hydrogen (secondary N) is 1. The topological polar surface area (TPSA) is 67.9 Å². The lowest BCUT2D eigenvalue weighted by Crippen LogP contribution is -2.41. The Labute approximate surface area is 123 Å². The Morgan fingerprint density at radius 3 is 2.86 bits per heavy atom. The summed E-state index contributed by atoms with van der Waals surface area (Å²) in [5, 5.41) is 2.81. The standard InChI is InChI=1S/C15H18N2O4/c18-14-3-6-21-13-2-1-11(9-12(13)16-14)10-15(19)17-4-7-20-8-5-17/h1-2,9H,3-8,10H2,(H,16,18). The van der Waals surface area contributed by atoms with E-state index in [9.17, 15) is 9.59 Å². The maximum atomic E-state index is 12.2. The van der Waals surface area contributed by atoms with Gasteiger partial charge in [-0.05, 0) is 17.7 Å². The van der Waals surface area contributed by atoms with E-state index in [4.69, 9.17) is 9.47 Å². The number of carbonyl (C=O) groups is 2. The van der Waals surface area contributed by atoms with Gasteiger partial charge in [0.1, 0.15) is 5.75 Å². The third-order valence-electron chi connectivity index (χ3n) is 3.62. The molecule has 0 aliphatic carbocycles.